The Hall–Kier alpha value is -0.213. The van der Waals surface area contributed by atoms with E-state index in [0.29, 0.717) is 38.0 Å². The molecule has 7 heteroatoms. The van der Waals surface area contributed by atoms with E-state index >= 15 is 0 Å². The summed E-state index contributed by atoms with van der Waals surface area (Å²) in [6, 6.07) is 0.704. The van der Waals surface area contributed by atoms with E-state index in [9.17, 15) is 9.59 Å². The predicted octanol–water partition coefficient (Wildman–Crippen LogP) is 7.35. The summed E-state index contributed by atoms with van der Waals surface area (Å²) in [5.74, 6) is 0.382. The lowest BCUT2D eigenvalue weighted by Crippen LogP contribution is -2.46. The molecule has 0 aromatic carbocycles. The number of rotatable bonds is 24. The molecule has 0 N–H and O–H groups in total. The van der Waals surface area contributed by atoms with Gasteiger partial charge in [0.1, 0.15) is 0 Å². The Balaban J connectivity index is 4.49. The standard InChI is InChI=1S/C25H50O5SSi/c1-5-9-13-14-15-16-18-24(26)25(27)31-22-17-23-32(28-19-10-6-2,29-20-11-7-3)30-21-12-8-4/h5-23H2,1-4H3. The van der Waals surface area contributed by atoms with E-state index in [1.165, 1.54) is 19.3 Å². The van der Waals surface area contributed by atoms with Crippen LogP contribution in [0.4, 0.5) is 0 Å². The zero-order valence-corrected chi connectivity index (χ0v) is 23.2. The molecule has 0 saturated heterocycles. The number of Topliss-reactive ketones (excluding diaryl/α,β-unsaturated/α-hetero) is 1. The Morgan fingerprint density at radius 2 is 1.09 bits per heavy atom. The molecule has 0 aliphatic rings. The molecular formula is C25H50O5SSi. The van der Waals surface area contributed by atoms with Gasteiger partial charge in [-0.25, -0.2) is 0 Å². The average Bonchev–Trinajstić information content (AvgIpc) is 2.79. The number of thioether (sulfide) groups is 1. The molecular weight excluding hydrogens is 440 g/mol. The van der Waals surface area contributed by atoms with Gasteiger partial charge in [-0.2, -0.15) is 0 Å². The molecule has 0 aromatic rings. The number of carbonyl (C=O) groups is 2. The van der Waals surface area contributed by atoms with Crippen molar-refractivity contribution in [1.29, 1.82) is 0 Å². The summed E-state index contributed by atoms with van der Waals surface area (Å²) >= 11 is 1.15. The third-order valence-electron chi connectivity index (χ3n) is 5.31. The van der Waals surface area contributed by atoms with Crippen molar-refractivity contribution in [2.24, 2.45) is 0 Å². The highest BCUT2D eigenvalue weighted by atomic mass is 32.2. The second kappa shape index (κ2) is 22.6. The highest BCUT2D eigenvalue weighted by Crippen LogP contribution is 2.22. The molecule has 0 unspecified atom stereocenters. The number of carbonyl (C=O) groups excluding carboxylic acids is 2. The molecule has 32 heavy (non-hydrogen) atoms. The van der Waals surface area contributed by atoms with Crippen LogP contribution in [-0.2, 0) is 22.9 Å². The van der Waals surface area contributed by atoms with Gasteiger partial charge in [-0.05, 0) is 32.1 Å². The predicted molar refractivity (Wildman–Crippen MR) is 138 cm³/mol. The Kier molecular flexibility index (Phi) is 22.4. The maximum absolute atomic E-state index is 12.2. The SMILES string of the molecule is CCCCCCCCC(=O)C(=O)SCCC[Si](OCCCC)(OCCCC)OCCCC. The van der Waals surface area contributed by atoms with E-state index in [2.05, 4.69) is 27.7 Å². The molecule has 0 radical (unpaired) electrons. The molecule has 0 amide bonds. The summed E-state index contributed by atoms with van der Waals surface area (Å²) < 4.78 is 18.7. The van der Waals surface area contributed by atoms with Gasteiger partial charge in [0, 0.05) is 38.0 Å². The lowest BCUT2D eigenvalue weighted by molar-refractivity contribution is -0.131. The van der Waals surface area contributed by atoms with Crippen molar-refractivity contribution in [3.63, 3.8) is 0 Å². The van der Waals surface area contributed by atoms with Gasteiger partial charge in [-0.3, -0.25) is 9.59 Å². The van der Waals surface area contributed by atoms with Gasteiger partial charge >= 0.3 is 8.80 Å². The van der Waals surface area contributed by atoms with Crippen LogP contribution in [0.3, 0.4) is 0 Å². The largest absolute Gasteiger partial charge is 0.500 e. The summed E-state index contributed by atoms with van der Waals surface area (Å²) in [7, 11) is -2.75. The molecule has 5 nitrogen and oxygen atoms in total. The lowest BCUT2D eigenvalue weighted by Gasteiger charge is -2.30. The highest BCUT2D eigenvalue weighted by Gasteiger charge is 2.40. The van der Waals surface area contributed by atoms with E-state index in [1.54, 1.807) is 0 Å². The Morgan fingerprint density at radius 3 is 1.59 bits per heavy atom. The molecule has 0 heterocycles. The molecule has 0 atom stereocenters. The molecule has 0 fully saturated rings. The summed E-state index contributed by atoms with van der Waals surface area (Å²) in [5, 5.41) is -0.295. The van der Waals surface area contributed by atoms with Crippen LogP contribution in [0.25, 0.3) is 0 Å². The van der Waals surface area contributed by atoms with Crippen molar-refractivity contribution in [3.8, 4) is 0 Å². The van der Waals surface area contributed by atoms with Crippen molar-refractivity contribution in [2.75, 3.05) is 25.6 Å². The van der Waals surface area contributed by atoms with Gasteiger partial charge < -0.3 is 13.3 Å². The molecule has 0 spiro atoms. The summed E-state index contributed by atoms with van der Waals surface area (Å²) in [6.45, 7) is 10.6. The molecule has 0 saturated carbocycles. The number of hydrogen-bond donors (Lipinski definition) is 0. The maximum Gasteiger partial charge on any atom is 0.500 e. The second-order valence-electron chi connectivity index (χ2n) is 8.47. The molecule has 0 aliphatic carbocycles. The van der Waals surface area contributed by atoms with Crippen LogP contribution >= 0.6 is 11.8 Å². The third-order valence-corrected chi connectivity index (χ3v) is 9.19. The first kappa shape index (κ1) is 31.8. The van der Waals surface area contributed by atoms with E-state index < -0.39 is 8.80 Å². The van der Waals surface area contributed by atoms with E-state index in [4.69, 9.17) is 13.3 Å². The number of unbranched alkanes of at least 4 members (excludes halogenated alkanes) is 8. The Morgan fingerprint density at radius 1 is 0.625 bits per heavy atom. The fraction of sp³-hybridized carbons (Fsp3) is 0.920. The summed E-state index contributed by atoms with van der Waals surface area (Å²) in [6.07, 6.45) is 14.0. The van der Waals surface area contributed by atoms with Crippen molar-refractivity contribution < 1.29 is 22.9 Å². The van der Waals surface area contributed by atoms with Crippen LogP contribution in [0.15, 0.2) is 0 Å². The zero-order valence-electron chi connectivity index (χ0n) is 21.4. The molecule has 0 aliphatic heterocycles. The third kappa shape index (κ3) is 17.3. The quantitative estimate of drug-likeness (QED) is 0.0801. The monoisotopic (exact) mass is 490 g/mol. The van der Waals surface area contributed by atoms with E-state index in [0.717, 1.165) is 76.0 Å². The highest BCUT2D eigenvalue weighted by molar-refractivity contribution is 8.15. The Labute approximate surface area is 203 Å². The first-order valence-electron chi connectivity index (χ1n) is 13.2. The smallest absolute Gasteiger partial charge is 0.373 e. The number of hydrogen-bond acceptors (Lipinski definition) is 6. The fourth-order valence-corrected chi connectivity index (χ4v) is 6.81. The van der Waals surface area contributed by atoms with Gasteiger partial charge in [-0.1, -0.05) is 90.8 Å². The average molecular weight is 491 g/mol. The summed E-state index contributed by atoms with van der Waals surface area (Å²) in [4.78, 5) is 24.3. The minimum atomic E-state index is -2.75. The van der Waals surface area contributed by atoms with Crippen molar-refractivity contribution >= 4 is 31.5 Å². The molecule has 190 valence electrons. The van der Waals surface area contributed by atoms with Crippen LogP contribution in [0.2, 0.25) is 6.04 Å². The van der Waals surface area contributed by atoms with Crippen molar-refractivity contribution in [1.82, 2.24) is 0 Å². The molecule has 0 bridgehead atoms. The Bertz CT molecular complexity index is 435. The fourth-order valence-electron chi connectivity index (χ4n) is 3.16. The maximum atomic E-state index is 12.2. The first-order valence-corrected chi connectivity index (χ1v) is 16.1. The van der Waals surface area contributed by atoms with Crippen LogP contribution < -0.4 is 0 Å². The van der Waals surface area contributed by atoms with Crippen LogP contribution in [0, 0.1) is 0 Å². The van der Waals surface area contributed by atoms with Crippen LogP contribution in [-0.4, -0.2) is 45.3 Å². The molecule has 0 aromatic heterocycles. The van der Waals surface area contributed by atoms with Gasteiger partial charge in [0.2, 0.25) is 5.78 Å². The zero-order chi connectivity index (χ0) is 23.9. The number of ketones is 1. The van der Waals surface area contributed by atoms with Crippen LogP contribution in [0.1, 0.15) is 118 Å². The normalized spacial score (nSPS) is 11.8. The molecule has 0 rings (SSSR count). The van der Waals surface area contributed by atoms with E-state index in [1.807, 2.05) is 0 Å². The lowest BCUT2D eigenvalue weighted by atomic mass is 10.1. The van der Waals surface area contributed by atoms with Crippen molar-refractivity contribution in [3.05, 3.63) is 0 Å². The van der Waals surface area contributed by atoms with Gasteiger partial charge in [0.15, 0.2) is 0 Å². The van der Waals surface area contributed by atoms with Crippen molar-refractivity contribution in [2.45, 2.75) is 124 Å². The first-order chi connectivity index (χ1) is 15.5. The minimum absolute atomic E-state index is 0.230. The minimum Gasteiger partial charge on any atom is -0.373 e. The van der Waals surface area contributed by atoms with Gasteiger partial charge in [-0.15, -0.1) is 0 Å². The van der Waals surface area contributed by atoms with E-state index in [-0.39, 0.29) is 10.9 Å². The topological polar surface area (TPSA) is 61.8 Å². The van der Waals surface area contributed by atoms with Gasteiger partial charge in [0.25, 0.3) is 5.12 Å². The second-order valence-corrected chi connectivity index (χ2v) is 12.3. The van der Waals surface area contributed by atoms with Gasteiger partial charge in [0.05, 0.1) is 0 Å². The summed E-state index contributed by atoms with van der Waals surface area (Å²) in [5.41, 5.74) is 0. The van der Waals surface area contributed by atoms with Crippen LogP contribution in [0.5, 0.6) is 0 Å².